The zero-order chi connectivity index (χ0) is 14.8. The van der Waals surface area contributed by atoms with Crippen LogP contribution in [-0.2, 0) is 6.18 Å². The first kappa shape index (κ1) is 14.3. The molecule has 2 aromatic rings. The molecule has 8 heteroatoms. The van der Waals surface area contributed by atoms with Crippen LogP contribution in [0.1, 0.15) is 18.9 Å². The molecular weight excluding hydrogens is 278 g/mol. The normalized spacial score (nSPS) is 11.7. The largest absolute Gasteiger partial charge is 0.417 e. The summed E-state index contributed by atoms with van der Waals surface area (Å²) in [6.07, 6.45) is -3.91. The van der Waals surface area contributed by atoms with Gasteiger partial charge in [-0.1, -0.05) is 12.1 Å². The lowest BCUT2D eigenvalue weighted by Crippen LogP contribution is -2.08. The molecule has 108 valence electrons. The summed E-state index contributed by atoms with van der Waals surface area (Å²) in [6, 6.07) is 2.33. The summed E-state index contributed by atoms with van der Waals surface area (Å²) in [5.41, 5.74) is -1.47. The van der Waals surface area contributed by atoms with E-state index in [1.165, 1.54) is 0 Å². The van der Waals surface area contributed by atoms with Gasteiger partial charge in [-0.25, -0.2) is 4.39 Å². The molecule has 0 bridgehead atoms. The van der Waals surface area contributed by atoms with E-state index in [9.17, 15) is 17.6 Å². The third-order valence-corrected chi connectivity index (χ3v) is 2.48. The van der Waals surface area contributed by atoms with E-state index in [0.717, 1.165) is 18.6 Å². The van der Waals surface area contributed by atoms with Crippen molar-refractivity contribution in [2.75, 3.05) is 11.9 Å². The van der Waals surface area contributed by atoms with Gasteiger partial charge in [0.1, 0.15) is 5.82 Å². The van der Waals surface area contributed by atoms with E-state index in [1.54, 1.807) is 0 Å². The lowest BCUT2D eigenvalue weighted by atomic mass is 10.1. The number of nitrogens with one attached hydrogen (secondary N) is 1. The Hall–Kier alpha value is -2.12. The molecule has 1 aromatic heterocycles. The van der Waals surface area contributed by atoms with Crippen molar-refractivity contribution < 1.29 is 22.1 Å². The lowest BCUT2D eigenvalue weighted by Gasteiger charge is -2.10. The minimum absolute atomic E-state index is 0.0271. The van der Waals surface area contributed by atoms with Crippen LogP contribution in [0.15, 0.2) is 22.7 Å². The fourth-order valence-corrected chi connectivity index (χ4v) is 1.58. The Morgan fingerprint density at radius 1 is 1.30 bits per heavy atom. The van der Waals surface area contributed by atoms with E-state index in [2.05, 4.69) is 15.5 Å². The average Bonchev–Trinajstić information content (AvgIpc) is 2.84. The fourth-order valence-electron chi connectivity index (χ4n) is 1.58. The average molecular weight is 289 g/mol. The molecule has 4 nitrogen and oxygen atoms in total. The Morgan fingerprint density at radius 3 is 2.70 bits per heavy atom. The number of anilines is 1. The number of aromatic nitrogens is 2. The Bertz CT molecular complexity index is 595. The minimum atomic E-state index is -4.70. The monoisotopic (exact) mass is 289 g/mol. The van der Waals surface area contributed by atoms with E-state index < -0.39 is 17.6 Å². The van der Waals surface area contributed by atoms with Crippen molar-refractivity contribution in [3.8, 4) is 11.4 Å². The smallest absolute Gasteiger partial charge is 0.338 e. The third-order valence-electron chi connectivity index (χ3n) is 2.48. The van der Waals surface area contributed by atoms with Crippen LogP contribution in [0.2, 0.25) is 0 Å². The Balaban J connectivity index is 2.39. The van der Waals surface area contributed by atoms with Gasteiger partial charge in [0.05, 0.1) is 5.56 Å². The Labute approximate surface area is 111 Å². The van der Waals surface area contributed by atoms with Gasteiger partial charge in [-0.05, 0) is 24.6 Å². The van der Waals surface area contributed by atoms with Gasteiger partial charge in [0.15, 0.2) is 0 Å². The number of nitrogens with zero attached hydrogens (tertiary/aromatic N) is 2. The zero-order valence-electron chi connectivity index (χ0n) is 10.5. The van der Waals surface area contributed by atoms with E-state index in [-0.39, 0.29) is 17.4 Å². The standard InChI is InChI=1S/C12H11F4N3O/c1-2-5-17-11-18-10(19-20-11)8-4-3-7(13)6-9(8)12(14,15)16/h3-4,6H,2,5H2,1H3,(H,17,18,19). The van der Waals surface area contributed by atoms with Crippen LogP contribution in [-0.4, -0.2) is 16.7 Å². The molecular formula is C12H11F4N3O. The Kier molecular flexibility index (Phi) is 3.91. The van der Waals surface area contributed by atoms with Gasteiger partial charge in [0.25, 0.3) is 0 Å². The zero-order valence-corrected chi connectivity index (χ0v) is 10.5. The fraction of sp³-hybridized carbons (Fsp3) is 0.333. The van der Waals surface area contributed by atoms with Gasteiger partial charge >= 0.3 is 12.2 Å². The molecule has 1 N–H and O–H groups in total. The molecule has 0 aliphatic heterocycles. The molecule has 20 heavy (non-hydrogen) atoms. The Morgan fingerprint density at radius 2 is 2.05 bits per heavy atom. The number of alkyl halides is 3. The van der Waals surface area contributed by atoms with E-state index in [1.807, 2.05) is 6.92 Å². The van der Waals surface area contributed by atoms with Crippen LogP contribution in [0.25, 0.3) is 11.4 Å². The van der Waals surface area contributed by atoms with Crippen molar-refractivity contribution in [1.29, 1.82) is 0 Å². The van der Waals surface area contributed by atoms with Crippen LogP contribution in [0.3, 0.4) is 0 Å². The molecule has 0 spiro atoms. The van der Waals surface area contributed by atoms with Gasteiger partial charge in [-0.3, -0.25) is 0 Å². The van der Waals surface area contributed by atoms with Gasteiger partial charge < -0.3 is 9.84 Å². The van der Waals surface area contributed by atoms with Crippen LogP contribution < -0.4 is 5.32 Å². The third kappa shape index (κ3) is 3.06. The number of hydrogen-bond acceptors (Lipinski definition) is 4. The molecule has 0 fully saturated rings. The summed E-state index contributed by atoms with van der Waals surface area (Å²) in [5.74, 6) is -1.22. The lowest BCUT2D eigenvalue weighted by molar-refractivity contribution is -0.137. The maximum absolute atomic E-state index is 13.0. The van der Waals surface area contributed by atoms with Crippen molar-refractivity contribution in [1.82, 2.24) is 10.1 Å². The van der Waals surface area contributed by atoms with Gasteiger partial charge in [-0.15, -0.1) is 0 Å². The second-order valence-corrected chi connectivity index (χ2v) is 4.04. The molecule has 0 aliphatic carbocycles. The van der Waals surface area contributed by atoms with Crippen LogP contribution in [0.4, 0.5) is 23.6 Å². The summed E-state index contributed by atoms with van der Waals surface area (Å²) in [7, 11) is 0. The highest BCUT2D eigenvalue weighted by atomic mass is 19.4. The van der Waals surface area contributed by atoms with Gasteiger partial charge in [0, 0.05) is 12.1 Å². The minimum Gasteiger partial charge on any atom is -0.338 e. The molecule has 1 aromatic carbocycles. The summed E-state index contributed by atoms with van der Waals surface area (Å²) in [6.45, 7) is 2.46. The molecule has 0 amide bonds. The second-order valence-electron chi connectivity index (χ2n) is 4.04. The summed E-state index contributed by atoms with van der Waals surface area (Å²) >= 11 is 0. The van der Waals surface area contributed by atoms with Crippen LogP contribution >= 0.6 is 0 Å². The van der Waals surface area contributed by atoms with E-state index in [0.29, 0.717) is 12.6 Å². The maximum atomic E-state index is 13.0. The molecule has 2 rings (SSSR count). The molecule has 0 saturated carbocycles. The highest BCUT2D eigenvalue weighted by molar-refractivity contribution is 5.61. The predicted octanol–water partition coefficient (Wildman–Crippen LogP) is 3.72. The van der Waals surface area contributed by atoms with Crippen molar-refractivity contribution in [3.63, 3.8) is 0 Å². The summed E-state index contributed by atoms with van der Waals surface area (Å²) in [4.78, 5) is 3.81. The number of hydrogen-bond donors (Lipinski definition) is 1. The van der Waals surface area contributed by atoms with Crippen molar-refractivity contribution in [2.45, 2.75) is 19.5 Å². The first-order chi connectivity index (χ1) is 9.41. The quantitative estimate of drug-likeness (QED) is 0.872. The molecule has 0 unspecified atom stereocenters. The SMILES string of the molecule is CCCNc1nc(-c2ccc(F)cc2C(F)(F)F)no1. The first-order valence-corrected chi connectivity index (χ1v) is 5.86. The predicted molar refractivity (Wildman–Crippen MR) is 63.5 cm³/mol. The number of halogens is 4. The molecule has 1 heterocycles. The molecule has 0 aliphatic rings. The molecule has 0 saturated heterocycles. The van der Waals surface area contributed by atoms with Gasteiger partial charge in [-0.2, -0.15) is 18.2 Å². The molecule has 0 radical (unpaired) electrons. The van der Waals surface area contributed by atoms with Crippen LogP contribution in [0, 0.1) is 5.82 Å². The van der Waals surface area contributed by atoms with Crippen molar-refractivity contribution in [2.24, 2.45) is 0 Å². The van der Waals surface area contributed by atoms with Crippen LogP contribution in [0.5, 0.6) is 0 Å². The maximum Gasteiger partial charge on any atom is 0.417 e. The van der Waals surface area contributed by atoms with E-state index in [4.69, 9.17) is 4.52 Å². The van der Waals surface area contributed by atoms with Crippen molar-refractivity contribution in [3.05, 3.63) is 29.6 Å². The number of rotatable bonds is 4. The second kappa shape index (κ2) is 5.48. The molecule has 0 atom stereocenters. The summed E-state index contributed by atoms with van der Waals surface area (Å²) < 4.78 is 56.3. The number of benzene rings is 1. The highest BCUT2D eigenvalue weighted by Crippen LogP contribution is 2.36. The first-order valence-electron chi connectivity index (χ1n) is 5.86. The van der Waals surface area contributed by atoms with Gasteiger partial charge in [0.2, 0.25) is 5.82 Å². The summed E-state index contributed by atoms with van der Waals surface area (Å²) in [5, 5.41) is 6.23. The van der Waals surface area contributed by atoms with Crippen molar-refractivity contribution >= 4 is 6.01 Å². The topological polar surface area (TPSA) is 51.0 Å². The highest BCUT2D eigenvalue weighted by Gasteiger charge is 2.35. The van der Waals surface area contributed by atoms with E-state index >= 15 is 0 Å².